The van der Waals surface area contributed by atoms with Crippen LogP contribution >= 0.6 is 11.6 Å². The van der Waals surface area contributed by atoms with E-state index in [2.05, 4.69) is 10.3 Å². The number of carbonyl (C=O) groups is 1. The highest BCUT2D eigenvalue weighted by Crippen LogP contribution is 2.29. The van der Waals surface area contributed by atoms with Crippen molar-refractivity contribution in [1.82, 2.24) is 10.3 Å². The van der Waals surface area contributed by atoms with Gasteiger partial charge in [-0.1, -0.05) is 11.6 Å². The maximum Gasteiger partial charge on any atom is 0.433 e. The minimum absolute atomic E-state index is 0.108. The van der Waals surface area contributed by atoms with Crippen molar-refractivity contribution >= 4 is 17.5 Å². The van der Waals surface area contributed by atoms with E-state index in [1.54, 1.807) is 20.8 Å². The topological polar surface area (TPSA) is 88.2 Å². The number of carbonyl (C=O) groups excluding carboxylic acids is 1. The Labute approximate surface area is 182 Å². The Hall–Kier alpha value is -2.23. The van der Waals surface area contributed by atoms with Gasteiger partial charge in [0.2, 0.25) is 0 Å². The van der Waals surface area contributed by atoms with Crippen LogP contribution < -0.4 is 11.1 Å². The summed E-state index contributed by atoms with van der Waals surface area (Å²) in [6.07, 6.45) is -6.67. The summed E-state index contributed by atoms with van der Waals surface area (Å²) in [6.45, 7) is 5.14. The van der Waals surface area contributed by atoms with Gasteiger partial charge in [0.15, 0.2) is 0 Å². The van der Waals surface area contributed by atoms with E-state index >= 15 is 0 Å². The Morgan fingerprint density at radius 1 is 1.19 bits per heavy atom. The first-order valence-electron chi connectivity index (χ1n) is 9.44. The van der Waals surface area contributed by atoms with Crippen LogP contribution in [0.5, 0.6) is 0 Å². The molecule has 1 amide bonds. The molecule has 0 spiro atoms. The third-order valence-electron chi connectivity index (χ3n) is 4.36. The molecule has 0 aliphatic rings. The second kappa shape index (κ2) is 9.50. The monoisotopic (exact) mass is 461 g/mol. The van der Waals surface area contributed by atoms with Gasteiger partial charge in [-0.3, -0.25) is 4.79 Å². The number of aromatic nitrogens is 1. The number of amides is 1. The second-order valence-electron chi connectivity index (χ2n) is 8.27. The molecule has 31 heavy (non-hydrogen) atoms. The molecule has 1 aromatic heterocycles. The Kier molecular flexibility index (Phi) is 7.67. The number of aliphatic hydroxyl groups is 1. The van der Waals surface area contributed by atoms with E-state index in [0.29, 0.717) is 6.07 Å². The van der Waals surface area contributed by atoms with Gasteiger partial charge < -0.3 is 16.2 Å². The van der Waals surface area contributed by atoms with Crippen molar-refractivity contribution in [1.29, 1.82) is 0 Å². The van der Waals surface area contributed by atoms with Crippen molar-refractivity contribution < 1.29 is 27.5 Å². The van der Waals surface area contributed by atoms with E-state index in [0.717, 1.165) is 12.1 Å². The highest BCUT2D eigenvalue weighted by molar-refractivity contribution is 6.30. The van der Waals surface area contributed by atoms with Gasteiger partial charge in [0.05, 0.1) is 17.4 Å². The SMILES string of the molecule is CC(C)(C)NC(=O)c1ccc(C(F)(F)F)nc1C[C@H](O)[C@H](N)Cc1cc(Cl)ccc1F. The van der Waals surface area contributed by atoms with Gasteiger partial charge in [0.1, 0.15) is 11.5 Å². The lowest BCUT2D eigenvalue weighted by Gasteiger charge is -2.23. The van der Waals surface area contributed by atoms with Crippen LogP contribution in [-0.4, -0.2) is 33.7 Å². The summed E-state index contributed by atoms with van der Waals surface area (Å²) in [5, 5.41) is 13.4. The molecule has 2 atom stereocenters. The fourth-order valence-electron chi connectivity index (χ4n) is 2.87. The molecule has 170 valence electrons. The Morgan fingerprint density at radius 2 is 1.84 bits per heavy atom. The van der Waals surface area contributed by atoms with E-state index in [-0.39, 0.29) is 28.3 Å². The quantitative estimate of drug-likeness (QED) is 0.569. The number of halogens is 5. The molecule has 0 saturated carbocycles. The van der Waals surface area contributed by atoms with E-state index < -0.39 is 47.7 Å². The van der Waals surface area contributed by atoms with Crippen LogP contribution in [-0.2, 0) is 19.0 Å². The van der Waals surface area contributed by atoms with Gasteiger partial charge >= 0.3 is 6.18 Å². The average Bonchev–Trinajstić information content (AvgIpc) is 2.62. The minimum atomic E-state index is -4.73. The van der Waals surface area contributed by atoms with Crippen LogP contribution in [0, 0.1) is 5.82 Å². The van der Waals surface area contributed by atoms with Gasteiger partial charge in [0.25, 0.3) is 5.91 Å². The molecule has 0 fully saturated rings. The lowest BCUT2D eigenvalue weighted by molar-refractivity contribution is -0.141. The zero-order chi connectivity index (χ0) is 23.6. The van der Waals surface area contributed by atoms with Crippen LogP contribution in [0.4, 0.5) is 17.6 Å². The molecule has 2 rings (SSSR count). The van der Waals surface area contributed by atoms with Gasteiger partial charge in [-0.05, 0) is 63.1 Å². The maximum atomic E-state index is 13.9. The van der Waals surface area contributed by atoms with Gasteiger partial charge in [-0.25, -0.2) is 9.37 Å². The number of pyridine rings is 1. The van der Waals surface area contributed by atoms with E-state index in [1.165, 1.54) is 12.1 Å². The normalized spacial score (nSPS) is 14.3. The predicted molar refractivity (Wildman–Crippen MR) is 109 cm³/mol. The Morgan fingerprint density at radius 3 is 2.42 bits per heavy atom. The molecular weight excluding hydrogens is 438 g/mol. The molecule has 0 radical (unpaired) electrons. The van der Waals surface area contributed by atoms with Crippen LogP contribution in [0.15, 0.2) is 30.3 Å². The van der Waals surface area contributed by atoms with Crippen LogP contribution in [0.1, 0.15) is 48.1 Å². The van der Waals surface area contributed by atoms with Crippen LogP contribution in [0.3, 0.4) is 0 Å². The van der Waals surface area contributed by atoms with Gasteiger partial charge in [0, 0.05) is 23.0 Å². The summed E-state index contributed by atoms with van der Waals surface area (Å²) in [4.78, 5) is 16.1. The summed E-state index contributed by atoms with van der Waals surface area (Å²) in [7, 11) is 0. The van der Waals surface area contributed by atoms with E-state index in [1.807, 2.05) is 0 Å². The molecule has 0 unspecified atom stereocenters. The Bertz CT molecular complexity index is 945. The Balaban J connectivity index is 2.31. The summed E-state index contributed by atoms with van der Waals surface area (Å²) >= 11 is 5.85. The number of nitrogens with zero attached hydrogens (tertiary/aromatic N) is 1. The van der Waals surface area contributed by atoms with Crippen LogP contribution in [0.25, 0.3) is 0 Å². The number of nitrogens with one attached hydrogen (secondary N) is 1. The zero-order valence-corrected chi connectivity index (χ0v) is 18.0. The summed E-state index contributed by atoms with van der Waals surface area (Å²) in [5.41, 5.74) is 3.91. The van der Waals surface area contributed by atoms with Crippen molar-refractivity contribution in [2.45, 2.75) is 57.5 Å². The summed E-state index contributed by atoms with van der Waals surface area (Å²) in [5.74, 6) is -1.21. The van der Waals surface area contributed by atoms with Crippen molar-refractivity contribution in [3.63, 3.8) is 0 Å². The molecule has 1 heterocycles. The molecule has 0 aliphatic carbocycles. The molecule has 0 saturated heterocycles. The fourth-order valence-corrected chi connectivity index (χ4v) is 3.06. The third kappa shape index (κ3) is 7.15. The molecular formula is C21H24ClF4N3O2. The first kappa shape index (κ1) is 25.0. The third-order valence-corrected chi connectivity index (χ3v) is 4.59. The van der Waals surface area contributed by atoms with Gasteiger partial charge in [-0.15, -0.1) is 0 Å². The molecule has 5 nitrogen and oxygen atoms in total. The fraction of sp³-hybridized carbons (Fsp3) is 0.429. The predicted octanol–water partition coefficient (Wildman–Crippen LogP) is 3.89. The maximum absolute atomic E-state index is 13.9. The zero-order valence-electron chi connectivity index (χ0n) is 17.2. The number of nitrogens with two attached hydrogens (primary N) is 1. The first-order valence-corrected chi connectivity index (χ1v) is 9.82. The number of rotatable bonds is 6. The molecule has 4 N–H and O–H groups in total. The van der Waals surface area contributed by atoms with Crippen molar-refractivity contribution in [2.75, 3.05) is 0 Å². The van der Waals surface area contributed by atoms with Crippen LogP contribution in [0.2, 0.25) is 5.02 Å². The molecule has 0 bridgehead atoms. The number of hydrogen-bond acceptors (Lipinski definition) is 4. The minimum Gasteiger partial charge on any atom is -0.391 e. The second-order valence-corrected chi connectivity index (χ2v) is 8.70. The number of benzene rings is 1. The lowest BCUT2D eigenvalue weighted by atomic mass is 9.96. The van der Waals surface area contributed by atoms with Crippen molar-refractivity contribution in [2.24, 2.45) is 5.73 Å². The van der Waals surface area contributed by atoms with E-state index in [9.17, 15) is 27.5 Å². The highest BCUT2D eigenvalue weighted by Gasteiger charge is 2.34. The summed E-state index contributed by atoms with van der Waals surface area (Å²) in [6, 6.07) is 4.54. The first-order chi connectivity index (χ1) is 14.2. The number of aliphatic hydroxyl groups excluding tert-OH is 1. The average molecular weight is 462 g/mol. The largest absolute Gasteiger partial charge is 0.433 e. The molecule has 10 heteroatoms. The van der Waals surface area contributed by atoms with Crippen molar-refractivity contribution in [3.8, 4) is 0 Å². The summed E-state index contributed by atoms with van der Waals surface area (Å²) < 4.78 is 53.3. The molecule has 0 aliphatic heterocycles. The standard InChI is InChI=1S/C21H24ClF4N3O2/c1-20(2,3)29-19(31)13-5-7-18(21(24,25)26)28-16(13)10-17(30)15(27)9-11-8-12(22)4-6-14(11)23/h4-8,15,17,30H,9-10,27H2,1-3H3,(H,29,31)/t15-,17+/m1/s1. The lowest BCUT2D eigenvalue weighted by Crippen LogP contribution is -2.42. The molecule has 1 aromatic carbocycles. The van der Waals surface area contributed by atoms with E-state index in [4.69, 9.17) is 17.3 Å². The number of hydrogen-bond donors (Lipinski definition) is 3. The smallest absolute Gasteiger partial charge is 0.391 e. The van der Waals surface area contributed by atoms with Gasteiger partial charge in [-0.2, -0.15) is 13.2 Å². The van der Waals surface area contributed by atoms with Crippen molar-refractivity contribution in [3.05, 3.63) is 63.7 Å². The highest BCUT2D eigenvalue weighted by atomic mass is 35.5. The molecule has 2 aromatic rings. The number of alkyl halides is 3.